The minimum Gasteiger partial charge on any atom is -0.495 e. The molecule has 0 aliphatic carbocycles. The number of nitrogens with zero attached hydrogens (tertiary/aromatic N) is 1. The average molecular weight is 493 g/mol. The predicted molar refractivity (Wildman–Crippen MR) is 129 cm³/mol. The van der Waals surface area contributed by atoms with Gasteiger partial charge < -0.3 is 28.6 Å². The van der Waals surface area contributed by atoms with Gasteiger partial charge in [-0.15, -0.1) is 0 Å². The Morgan fingerprint density at radius 1 is 1.12 bits per heavy atom. The quantitative estimate of drug-likeness (QED) is 0.499. The van der Waals surface area contributed by atoms with Gasteiger partial charge in [-0.05, 0) is 56.5 Å². The summed E-state index contributed by atoms with van der Waals surface area (Å²) >= 11 is 0. The van der Waals surface area contributed by atoms with Crippen molar-refractivity contribution in [3.63, 3.8) is 0 Å². The fraction of sp³-hybridized carbons (Fsp3) is 0.458. The smallest absolute Gasteiger partial charge is 0.322 e. The maximum atomic E-state index is 13.3. The number of methoxy groups -OCH3 is 2. The minimum absolute atomic E-state index is 0.0706. The second kappa shape index (κ2) is 11.4. The van der Waals surface area contributed by atoms with Crippen LogP contribution in [0.25, 0.3) is 0 Å². The van der Waals surface area contributed by atoms with Gasteiger partial charge in [-0.2, -0.15) is 8.42 Å². The largest absolute Gasteiger partial charge is 0.495 e. The first-order chi connectivity index (χ1) is 16.2. The third-order valence-corrected chi connectivity index (χ3v) is 7.04. The van der Waals surface area contributed by atoms with Gasteiger partial charge in [0.2, 0.25) is 0 Å². The van der Waals surface area contributed by atoms with E-state index in [4.69, 9.17) is 18.4 Å². The molecule has 2 aromatic rings. The molecular formula is C24H32N2O7S. The molecule has 2 amide bonds. The van der Waals surface area contributed by atoms with E-state index < -0.39 is 15.4 Å². The minimum atomic E-state index is -3.82. The molecule has 186 valence electrons. The van der Waals surface area contributed by atoms with Crippen LogP contribution in [0.4, 0.5) is 10.5 Å². The molecule has 0 aromatic heterocycles. The highest BCUT2D eigenvalue weighted by Gasteiger charge is 2.25. The number of nitrogens with one attached hydrogen (secondary N) is 1. The van der Waals surface area contributed by atoms with E-state index in [9.17, 15) is 13.2 Å². The lowest BCUT2D eigenvalue weighted by Gasteiger charge is -2.26. The number of hydrogen-bond donors (Lipinski definition) is 1. The first-order valence-electron chi connectivity index (χ1n) is 11.1. The summed E-state index contributed by atoms with van der Waals surface area (Å²) < 4.78 is 46.3. The molecule has 1 N–H and O–H groups in total. The van der Waals surface area contributed by atoms with Gasteiger partial charge >= 0.3 is 16.1 Å². The molecule has 10 heteroatoms. The molecule has 1 atom stereocenters. The zero-order valence-corrected chi connectivity index (χ0v) is 20.8. The van der Waals surface area contributed by atoms with Gasteiger partial charge in [0.15, 0.2) is 11.5 Å². The zero-order chi connectivity index (χ0) is 24.7. The summed E-state index contributed by atoms with van der Waals surface area (Å²) in [6, 6.07) is 11.8. The number of ether oxygens (including phenoxy) is 3. The van der Waals surface area contributed by atoms with E-state index in [1.807, 2.05) is 12.1 Å². The van der Waals surface area contributed by atoms with E-state index in [2.05, 4.69) is 5.32 Å². The van der Waals surface area contributed by atoms with E-state index in [-0.39, 0.29) is 30.2 Å². The molecule has 1 aliphatic heterocycles. The number of carbonyl (C=O) groups is 1. The summed E-state index contributed by atoms with van der Waals surface area (Å²) in [5, 5.41) is 2.18. The Hall–Kier alpha value is -2.98. The maximum absolute atomic E-state index is 13.3. The normalized spacial score (nSPS) is 15.7. The highest BCUT2D eigenvalue weighted by molar-refractivity contribution is 7.87. The highest BCUT2D eigenvalue weighted by Crippen LogP contribution is 2.31. The fourth-order valence-corrected chi connectivity index (χ4v) is 4.09. The van der Waals surface area contributed by atoms with Crippen molar-refractivity contribution in [2.75, 3.05) is 32.7 Å². The Kier molecular flexibility index (Phi) is 8.62. The second-order valence-electron chi connectivity index (χ2n) is 8.26. The molecule has 0 spiro atoms. The van der Waals surface area contributed by atoms with Crippen LogP contribution in [0.1, 0.15) is 32.3 Å². The lowest BCUT2D eigenvalue weighted by molar-refractivity contribution is 0.0819. The van der Waals surface area contributed by atoms with Crippen molar-refractivity contribution < 1.29 is 31.6 Å². The Balaban J connectivity index is 1.85. The fourth-order valence-electron chi connectivity index (χ4n) is 3.52. The first kappa shape index (κ1) is 25.6. The average Bonchev–Trinajstić information content (AvgIpc) is 3.32. The zero-order valence-electron chi connectivity index (χ0n) is 19.9. The van der Waals surface area contributed by atoms with Gasteiger partial charge in [0.05, 0.1) is 31.3 Å². The van der Waals surface area contributed by atoms with Crippen LogP contribution in [0.5, 0.6) is 17.2 Å². The lowest BCUT2D eigenvalue weighted by Crippen LogP contribution is -2.39. The number of anilines is 1. The van der Waals surface area contributed by atoms with Crippen LogP contribution in [-0.4, -0.2) is 58.1 Å². The third-order valence-electron chi connectivity index (χ3n) is 5.47. The molecule has 1 heterocycles. The lowest BCUT2D eigenvalue weighted by atomic mass is 10.1. The summed E-state index contributed by atoms with van der Waals surface area (Å²) in [5.41, 5.74) is 1.23. The molecule has 0 bridgehead atoms. The summed E-state index contributed by atoms with van der Waals surface area (Å²) in [6.07, 6.45) is 1.74. The Morgan fingerprint density at radius 2 is 1.85 bits per heavy atom. The maximum Gasteiger partial charge on any atom is 0.322 e. The van der Waals surface area contributed by atoms with Crippen LogP contribution in [0.15, 0.2) is 42.5 Å². The molecule has 1 fully saturated rings. The van der Waals surface area contributed by atoms with Crippen LogP contribution in [0, 0.1) is 0 Å². The van der Waals surface area contributed by atoms with Crippen molar-refractivity contribution in [2.45, 2.75) is 44.6 Å². The van der Waals surface area contributed by atoms with Crippen molar-refractivity contribution in [1.82, 2.24) is 4.90 Å². The Morgan fingerprint density at radius 3 is 2.50 bits per heavy atom. The van der Waals surface area contributed by atoms with Gasteiger partial charge in [0.25, 0.3) is 0 Å². The molecule has 0 radical (unpaired) electrons. The summed E-state index contributed by atoms with van der Waals surface area (Å²) in [7, 11) is -0.840. The van der Waals surface area contributed by atoms with Crippen molar-refractivity contribution in [1.29, 1.82) is 0 Å². The standard InChI is InChI=1S/C24H32N2O7S/c1-17(2)34(28,29)33-23-14-18(11-12-22(23)31-4)15-26(16-19-8-7-13-32-19)24(27)25-20-9-5-6-10-21(20)30-3/h5-6,9-12,14,17,19H,7-8,13,15-16H2,1-4H3,(H,25,27). The van der Waals surface area contributed by atoms with Gasteiger partial charge in [0, 0.05) is 19.7 Å². The van der Waals surface area contributed by atoms with E-state index in [1.54, 1.807) is 42.3 Å². The van der Waals surface area contributed by atoms with Crippen LogP contribution in [0.2, 0.25) is 0 Å². The molecule has 1 unspecified atom stereocenters. The number of para-hydroxylation sites is 2. The summed E-state index contributed by atoms with van der Waals surface area (Å²) in [6.45, 7) is 4.34. The van der Waals surface area contributed by atoms with Gasteiger partial charge in [0.1, 0.15) is 5.75 Å². The molecule has 1 aliphatic rings. The van der Waals surface area contributed by atoms with Crippen molar-refractivity contribution in [2.24, 2.45) is 0 Å². The molecule has 9 nitrogen and oxygen atoms in total. The summed E-state index contributed by atoms with van der Waals surface area (Å²) in [4.78, 5) is 14.9. The Labute approximate surface area is 201 Å². The predicted octanol–water partition coefficient (Wildman–Crippen LogP) is 4.03. The molecule has 3 rings (SSSR count). The number of carbonyl (C=O) groups excluding carboxylic acids is 1. The van der Waals surface area contributed by atoms with E-state index >= 15 is 0 Å². The van der Waals surface area contributed by atoms with E-state index in [1.165, 1.54) is 21.0 Å². The molecule has 0 saturated carbocycles. The van der Waals surface area contributed by atoms with Crippen molar-refractivity contribution in [3.05, 3.63) is 48.0 Å². The van der Waals surface area contributed by atoms with Crippen LogP contribution in [0.3, 0.4) is 0 Å². The molecular weight excluding hydrogens is 460 g/mol. The number of benzene rings is 2. The number of urea groups is 1. The number of rotatable bonds is 10. The van der Waals surface area contributed by atoms with Gasteiger partial charge in [-0.3, -0.25) is 0 Å². The topological polar surface area (TPSA) is 103 Å². The van der Waals surface area contributed by atoms with Gasteiger partial charge in [-0.25, -0.2) is 4.79 Å². The van der Waals surface area contributed by atoms with Crippen LogP contribution in [-0.2, 0) is 21.4 Å². The first-order valence-corrected chi connectivity index (χ1v) is 12.6. The van der Waals surface area contributed by atoms with Crippen LogP contribution >= 0.6 is 0 Å². The number of hydrogen-bond acceptors (Lipinski definition) is 7. The van der Waals surface area contributed by atoms with Crippen LogP contribution < -0.4 is 19.0 Å². The Bertz CT molecular complexity index is 1080. The second-order valence-corrected chi connectivity index (χ2v) is 10.4. The third kappa shape index (κ3) is 6.54. The number of amides is 2. The van der Waals surface area contributed by atoms with Crippen molar-refractivity contribution in [3.8, 4) is 17.2 Å². The summed E-state index contributed by atoms with van der Waals surface area (Å²) in [5.74, 6) is 0.917. The molecule has 1 saturated heterocycles. The van der Waals surface area contributed by atoms with Gasteiger partial charge in [-0.1, -0.05) is 18.2 Å². The molecule has 34 heavy (non-hydrogen) atoms. The highest BCUT2D eigenvalue weighted by atomic mass is 32.2. The van der Waals surface area contributed by atoms with Crippen molar-refractivity contribution >= 4 is 21.8 Å². The SMILES string of the molecule is COc1ccccc1NC(=O)N(Cc1ccc(OC)c(OS(=O)(=O)C(C)C)c1)CC1CCCO1. The monoisotopic (exact) mass is 492 g/mol. The van der Waals surface area contributed by atoms with E-state index in [0.717, 1.165) is 12.8 Å². The molecule has 2 aromatic carbocycles. The van der Waals surface area contributed by atoms with E-state index in [0.29, 0.717) is 30.2 Å².